The molecule has 1 amide bonds. The van der Waals surface area contributed by atoms with Crippen molar-refractivity contribution >= 4 is 14.4 Å². The van der Waals surface area contributed by atoms with E-state index in [1.165, 1.54) is 29.5 Å². The van der Waals surface area contributed by atoms with Crippen LogP contribution < -0.4 is 0 Å². The number of nitrogens with zero attached hydrogens (tertiary/aromatic N) is 1. The zero-order valence-electron chi connectivity index (χ0n) is 23.9. The normalized spacial score (nSPS) is 18.4. The Morgan fingerprint density at radius 2 is 1.76 bits per heavy atom. The summed E-state index contributed by atoms with van der Waals surface area (Å²) in [5.74, 6) is 0. The Morgan fingerprint density at radius 1 is 1.08 bits per heavy atom. The Bertz CT molecular complexity index is 1010. The van der Waals surface area contributed by atoms with Crippen molar-refractivity contribution in [3.05, 3.63) is 83.6 Å². The largest absolute Gasteiger partial charge is 0.447 e. The average Bonchev–Trinajstić information content (AvgIpc) is 3.23. The van der Waals surface area contributed by atoms with Crippen molar-refractivity contribution in [2.75, 3.05) is 6.61 Å². The summed E-state index contributed by atoms with van der Waals surface area (Å²) in [5, 5.41) is 0. The molecular weight excluding hydrogens is 474 g/mol. The molecule has 0 aliphatic carbocycles. The van der Waals surface area contributed by atoms with Crippen LogP contribution in [-0.4, -0.2) is 32.0 Å². The molecule has 0 spiro atoms. The number of carbonyl (C=O) groups excluding carboxylic acids is 1. The van der Waals surface area contributed by atoms with Gasteiger partial charge in [0.1, 0.15) is 6.61 Å². The van der Waals surface area contributed by atoms with Crippen molar-refractivity contribution in [2.45, 2.75) is 97.5 Å². The van der Waals surface area contributed by atoms with E-state index in [9.17, 15) is 4.79 Å². The van der Waals surface area contributed by atoms with Gasteiger partial charge in [-0.2, -0.15) is 0 Å². The van der Waals surface area contributed by atoms with Gasteiger partial charge in [0.15, 0.2) is 8.32 Å². The molecule has 5 heteroatoms. The molecule has 4 nitrogen and oxygen atoms in total. The number of benzene rings is 2. The number of hydrogen-bond donors (Lipinski definition) is 0. The third kappa shape index (κ3) is 7.35. The fourth-order valence-corrected chi connectivity index (χ4v) is 6.59. The van der Waals surface area contributed by atoms with Crippen molar-refractivity contribution in [2.24, 2.45) is 5.41 Å². The molecule has 0 saturated carbocycles. The van der Waals surface area contributed by atoms with Gasteiger partial charge in [0.25, 0.3) is 0 Å². The number of rotatable bonds is 14. The van der Waals surface area contributed by atoms with Crippen LogP contribution in [0.2, 0.25) is 19.6 Å². The van der Waals surface area contributed by atoms with Crippen LogP contribution in [0.15, 0.2) is 66.9 Å². The molecule has 1 aliphatic heterocycles. The molecule has 1 aliphatic rings. The molecule has 0 bridgehead atoms. The van der Waals surface area contributed by atoms with Crippen molar-refractivity contribution in [1.82, 2.24) is 4.90 Å². The number of amides is 1. The number of carbonyl (C=O) groups is 1. The zero-order valence-corrected chi connectivity index (χ0v) is 24.9. The Hall–Kier alpha value is -2.37. The molecule has 2 aromatic rings. The first-order valence-corrected chi connectivity index (χ1v) is 17.5. The van der Waals surface area contributed by atoms with Gasteiger partial charge in [-0.1, -0.05) is 106 Å². The maximum atomic E-state index is 13.3. The lowest BCUT2D eigenvalue weighted by molar-refractivity contribution is 0.0328. The lowest BCUT2D eigenvalue weighted by Gasteiger charge is -2.47. The summed E-state index contributed by atoms with van der Waals surface area (Å²) >= 11 is 0. The summed E-state index contributed by atoms with van der Waals surface area (Å²) in [6.07, 6.45) is 6.67. The zero-order chi connectivity index (χ0) is 27.1. The molecule has 1 saturated heterocycles. The van der Waals surface area contributed by atoms with Crippen LogP contribution in [0.1, 0.15) is 75.2 Å². The fourth-order valence-electron chi connectivity index (χ4n) is 5.52. The lowest BCUT2D eigenvalue weighted by Crippen LogP contribution is -2.46. The van der Waals surface area contributed by atoms with E-state index < -0.39 is 13.7 Å². The smallest absolute Gasteiger partial charge is 0.414 e. The maximum Gasteiger partial charge on any atom is 0.414 e. The van der Waals surface area contributed by atoms with Gasteiger partial charge in [-0.25, -0.2) is 4.79 Å². The Kier molecular flexibility index (Phi) is 10.2. The highest BCUT2D eigenvalue weighted by Gasteiger charge is 2.49. The van der Waals surface area contributed by atoms with Gasteiger partial charge in [0.2, 0.25) is 0 Å². The predicted octanol–water partition coefficient (Wildman–Crippen LogP) is 8.83. The third-order valence-corrected chi connectivity index (χ3v) is 8.54. The molecule has 1 fully saturated rings. The Morgan fingerprint density at radius 3 is 2.35 bits per heavy atom. The van der Waals surface area contributed by atoms with Gasteiger partial charge in [0, 0.05) is 11.1 Å². The fraction of sp³-hybridized carbons (Fsp3) is 0.531. The first-order chi connectivity index (χ1) is 17.6. The number of cyclic esters (lactones) is 1. The van der Waals surface area contributed by atoms with Crippen molar-refractivity contribution in [3.8, 4) is 0 Å². The highest BCUT2D eigenvalue weighted by Crippen LogP contribution is 2.52. The average molecular weight is 522 g/mol. The quantitative estimate of drug-likeness (QED) is 0.184. The highest BCUT2D eigenvalue weighted by atomic mass is 28.4. The van der Waals surface area contributed by atoms with Gasteiger partial charge < -0.3 is 9.16 Å². The van der Waals surface area contributed by atoms with Crippen LogP contribution in [0.5, 0.6) is 0 Å². The number of aryl methyl sites for hydroxylation is 1. The van der Waals surface area contributed by atoms with E-state index in [-0.39, 0.29) is 18.2 Å². The van der Waals surface area contributed by atoms with Crippen LogP contribution in [0.4, 0.5) is 4.79 Å². The molecule has 2 aromatic carbocycles. The molecule has 37 heavy (non-hydrogen) atoms. The topological polar surface area (TPSA) is 38.8 Å². The van der Waals surface area contributed by atoms with E-state index >= 15 is 0 Å². The Labute approximate surface area is 226 Å². The standard InChI is InChI=1S/C32H47NO3Si/c1-8-10-11-15-22-32(9-2,30(36-37(5,6)7)28-20-18-25(3)19-21-28)26(4)33-29(24-35-31(33)34)23-27-16-13-12-14-17-27/h12-14,16-21,29-30H,4,8-11,15,22-24H2,1-3,5-7H3/t29-,30-,32+/m0/s1. The molecule has 1 heterocycles. The second-order valence-corrected chi connectivity index (χ2v) is 16.0. The SMILES string of the molecule is C=C(N1C(=O)OC[C@@H]1Cc1ccccc1)[C@@](CC)(CCCCCC)[C@@H](O[Si](C)(C)C)c1ccc(C)cc1. The molecule has 0 N–H and O–H groups in total. The van der Waals surface area contributed by atoms with Gasteiger partial charge in [0.05, 0.1) is 12.1 Å². The van der Waals surface area contributed by atoms with Crippen molar-refractivity contribution in [1.29, 1.82) is 0 Å². The second kappa shape index (κ2) is 12.9. The third-order valence-electron chi connectivity index (χ3n) is 7.60. The van der Waals surface area contributed by atoms with Crippen molar-refractivity contribution in [3.63, 3.8) is 0 Å². The summed E-state index contributed by atoms with van der Waals surface area (Å²) < 4.78 is 12.7. The predicted molar refractivity (Wildman–Crippen MR) is 156 cm³/mol. The van der Waals surface area contributed by atoms with E-state index in [4.69, 9.17) is 9.16 Å². The van der Waals surface area contributed by atoms with Crippen LogP contribution in [0.3, 0.4) is 0 Å². The molecule has 0 radical (unpaired) electrons. The van der Waals surface area contributed by atoms with Crippen LogP contribution >= 0.6 is 0 Å². The summed E-state index contributed by atoms with van der Waals surface area (Å²) in [5.41, 5.74) is 4.02. The van der Waals surface area contributed by atoms with E-state index in [2.05, 4.69) is 83.4 Å². The molecule has 3 atom stereocenters. The summed E-state index contributed by atoms with van der Waals surface area (Å²) in [7, 11) is -1.95. The number of ether oxygens (including phenoxy) is 1. The molecular formula is C32H47NO3Si. The van der Waals surface area contributed by atoms with E-state index in [1.807, 2.05) is 23.1 Å². The van der Waals surface area contributed by atoms with E-state index in [0.717, 1.165) is 37.8 Å². The highest BCUT2D eigenvalue weighted by molar-refractivity contribution is 6.69. The maximum absolute atomic E-state index is 13.3. The van der Waals surface area contributed by atoms with Crippen LogP contribution in [0.25, 0.3) is 0 Å². The van der Waals surface area contributed by atoms with Crippen molar-refractivity contribution < 1.29 is 14.0 Å². The molecule has 0 unspecified atom stereocenters. The number of hydrogen-bond acceptors (Lipinski definition) is 3. The summed E-state index contributed by atoms with van der Waals surface area (Å²) in [4.78, 5) is 15.1. The van der Waals surface area contributed by atoms with Crippen LogP contribution in [0, 0.1) is 12.3 Å². The number of unbranched alkanes of at least 4 members (excludes halogenated alkanes) is 3. The summed E-state index contributed by atoms with van der Waals surface area (Å²) in [6, 6.07) is 19.0. The van der Waals surface area contributed by atoms with E-state index in [0.29, 0.717) is 6.61 Å². The minimum Gasteiger partial charge on any atom is -0.447 e. The second-order valence-electron chi connectivity index (χ2n) is 11.6. The van der Waals surface area contributed by atoms with Gasteiger partial charge in [-0.3, -0.25) is 4.90 Å². The van der Waals surface area contributed by atoms with Gasteiger partial charge in [-0.15, -0.1) is 0 Å². The monoisotopic (exact) mass is 521 g/mol. The first kappa shape index (κ1) is 29.2. The Balaban J connectivity index is 2.06. The minimum atomic E-state index is -1.95. The summed E-state index contributed by atoms with van der Waals surface area (Å²) in [6.45, 7) is 18.4. The minimum absolute atomic E-state index is 0.0745. The van der Waals surface area contributed by atoms with Crippen LogP contribution in [-0.2, 0) is 15.6 Å². The molecule has 202 valence electrons. The molecule has 3 rings (SSSR count). The van der Waals surface area contributed by atoms with Gasteiger partial charge >= 0.3 is 6.09 Å². The molecule has 0 aromatic heterocycles. The van der Waals surface area contributed by atoms with E-state index in [1.54, 1.807) is 0 Å². The van der Waals surface area contributed by atoms with Gasteiger partial charge in [-0.05, 0) is 57.0 Å². The first-order valence-electron chi connectivity index (χ1n) is 14.0. The lowest BCUT2D eigenvalue weighted by atomic mass is 9.70.